The number of fused-ring (bicyclic) bond motifs is 1. The van der Waals surface area contributed by atoms with Crippen LogP contribution in [0.25, 0.3) is 11.0 Å². The molecule has 2 aromatic rings. The molecule has 0 bridgehead atoms. The SMILES string of the molecule is Cc1c(C)c(CC(C)N)c2occc2c1C.O=C(O)C(=O)O. The number of aliphatic carboxylic acids is 2. The van der Waals surface area contributed by atoms with Gasteiger partial charge in [0.05, 0.1) is 6.26 Å². The van der Waals surface area contributed by atoms with Gasteiger partial charge in [0.1, 0.15) is 5.58 Å². The van der Waals surface area contributed by atoms with Crippen molar-refractivity contribution < 1.29 is 24.2 Å². The van der Waals surface area contributed by atoms with Crippen molar-refractivity contribution in [1.82, 2.24) is 0 Å². The number of nitrogens with two attached hydrogens (primary N) is 1. The van der Waals surface area contributed by atoms with Gasteiger partial charge in [0.2, 0.25) is 0 Å². The summed E-state index contributed by atoms with van der Waals surface area (Å²) < 4.78 is 5.61. The maximum Gasteiger partial charge on any atom is 0.414 e. The van der Waals surface area contributed by atoms with Crippen LogP contribution in [0.1, 0.15) is 29.2 Å². The topological polar surface area (TPSA) is 114 Å². The monoisotopic (exact) mass is 307 g/mol. The minimum Gasteiger partial charge on any atom is -0.473 e. The number of carboxylic acid groups (broad SMARTS) is 2. The Balaban J connectivity index is 0.000000346. The van der Waals surface area contributed by atoms with Gasteiger partial charge in [-0.05, 0) is 56.9 Å². The van der Waals surface area contributed by atoms with Crippen LogP contribution in [-0.2, 0) is 16.0 Å². The first kappa shape index (κ1) is 17.7. The lowest BCUT2D eigenvalue weighted by atomic mass is 9.92. The average Bonchev–Trinajstić information content (AvgIpc) is 2.91. The van der Waals surface area contributed by atoms with Gasteiger partial charge in [0.25, 0.3) is 0 Å². The van der Waals surface area contributed by atoms with Gasteiger partial charge >= 0.3 is 11.9 Å². The molecule has 0 radical (unpaired) electrons. The van der Waals surface area contributed by atoms with E-state index in [1.54, 1.807) is 6.26 Å². The molecule has 1 unspecified atom stereocenters. The normalized spacial score (nSPS) is 11.7. The van der Waals surface area contributed by atoms with E-state index in [1.165, 1.54) is 27.6 Å². The molecule has 0 fully saturated rings. The zero-order valence-electron chi connectivity index (χ0n) is 13.1. The Bertz CT molecular complexity index is 688. The number of hydrogen-bond acceptors (Lipinski definition) is 4. The van der Waals surface area contributed by atoms with Crippen LogP contribution in [0.5, 0.6) is 0 Å². The standard InChI is InChI=1S/C14H19NO.C2H2O4/c1-8(15)7-13-11(4)9(2)10(3)12-5-6-16-14(12)13;3-1(4)2(5)6/h5-6,8H,7,15H2,1-4H3;(H,3,4)(H,5,6). The molecule has 0 saturated carbocycles. The van der Waals surface area contributed by atoms with E-state index in [0.29, 0.717) is 0 Å². The molecule has 4 N–H and O–H groups in total. The summed E-state index contributed by atoms with van der Waals surface area (Å²) in [6.07, 6.45) is 2.64. The van der Waals surface area contributed by atoms with Crippen molar-refractivity contribution in [2.75, 3.05) is 0 Å². The molecule has 1 heterocycles. The maximum absolute atomic E-state index is 9.10. The van der Waals surface area contributed by atoms with Crippen LogP contribution in [0, 0.1) is 20.8 Å². The van der Waals surface area contributed by atoms with Crippen molar-refractivity contribution in [2.45, 2.75) is 40.2 Å². The van der Waals surface area contributed by atoms with Crippen molar-refractivity contribution in [2.24, 2.45) is 5.73 Å². The minimum absolute atomic E-state index is 0.161. The number of furan rings is 1. The molecule has 0 aliphatic heterocycles. The smallest absolute Gasteiger partial charge is 0.414 e. The van der Waals surface area contributed by atoms with E-state index < -0.39 is 11.9 Å². The molecule has 0 amide bonds. The van der Waals surface area contributed by atoms with Gasteiger partial charge in [-0.25, -0.2) is 9.59 Å². The van der Waals surface area contributed by atoms with Crippen molar-refractivity contribution in [3.63, 3.8) is 0 Å². The molecule has 0 spiro atoms. The van der Waals surface area contributed by atoms with Crippen LogP contribution in [0.3, 0.4) is 0 Å². The summed E-state index contributed by atoms with van der Waals surface area (Å²) in [6, 6.07) is 2.20. The number of benzene rings is 1. The van der Waals surface area contributed by atoms with E-state index >= 15 is 0 Å². The average molecular weight is 307 g/mol. The lowest BCUT2D eigenvalue weighted by Gasteiger charge is -2.14. The number of aryl methyl sites for hydroxylation is 1. The van der Waals surface area contributed by atoms with E-state index in [2.05, 4.69) is 20.8 Å². The summed E-state index contributed by atoms with van der Waals surface area (Å²) in [5, 5.41) is 16.0. The van der Waals surface area contributed by atoms with E-state index in [-0.39, 0.29) is 6.04 Å². The van der Waals surface area contributed by atoms with Crippen LogP contribution < -0.4 is 5.73 Å². The Hall–Kier alpha value is -2.34. The summed E-state index contributed by atoms with van der Waals surface area (Å²) in [5.74, 6) is -3.65. The summed E-state index contributed by atoms with van der Waals surface area (Å²) in [7, 11) is 0. The lowest BCUT2D eigenvalue weighted by Crippen LogP contribution is -2.18. The number of hydrogen-bond donors (Lipinski definition) is 3. The minimum atomic E-state index is -1.82. The Morgan fingerprint density at radius 2 is 1.68 bits per heavy atom. The zero-order valence-corrected chi connectivity index (χ0v) is 13.1. The third-order valence-electron chi connectivity index (χ3n) is 3.63. The van der Waals surface area contributed by atoms with E-state index in [9.17, 15) is 0 Å². The van der Waals surface area contributed by atoms with Crippen LogP contribution in [-0.4, -0.2) is 28.2 Å². The highest BCUT2D eigenvalue weighted by atomic mass is 16.4. The Morgan fingerprint density at radius 3 is 2.14 bits per heavy atom. The van der Waals surface area contributed by atoms with Gasteiger partial charge in [-0.2, -0.15) is 0 Å². The number of carboxylic acids is 2. The first-order chi connectivity index (χ1) is 10.2. The first-order valence-corrected chi connectivity index (χ1v) is 6.84. The fourth-order valence-corrected chi connectivity index (χ4v) is 2.29. The highest BCUT2D eigenvalue weighted by Gasteiger charge is 2.15. The zero-order chi connectivity index (χ0) is 17.0. The Kier molecular flexibility index (Phi) is 5.70. The lowest BCUT2D eigenvalue weighted by molar-refractivity contribution is -0.159. The van der Waals surface area contributed by atoms with E-state index in [0.717, 1.165) is 12.0 Å². The van der Waals surface area contributed by atoms with Gasteiger partial charge in [-0.3, -0.25) is 0 Å². The molecular weight excluding hydrogens is 286 g/mol. The summed E-state index contributed by atoms with van der Waals surface area (Å²) in [6.45, 7) is 8.50. The van der Waals surface area contributed by atoms with Crippen LogP contribution in [0.2, 0.25) is 0 Å². The predicted molar refractivity (Wildman–Crippen MR) is 83.1 cm³/mol. The second kappa shape index (κ2) is 7.09. The Labute approximate surface area is 128 Å². The van der Waals surface area contributed by atoms with Gasteiger partial charge in [-0.1, -0.05) is 0 Å². The molecule has 6 heteroatoms. The molecule has 0 aliphatic rings. The molecular formula is C16H21NO5. The van der Waals surface area contributed by atoms with Crippen LogP contribution >= 0.6 is 0 Å². The van der Waals surface area contributed by atoms with Gasteiger partial charge in [0, 0.05) is 17.0 Å². The van der Waals surface area contributed by atoms with Gasteiger partial charge in [-0.15, -0.1) is 0 Å². The molecule has 6 nitrogen and oxygen atoms in total. The third kappa shape index (κ3) is 3.85. The molecule has 0 saturated heterocycles. The molecule has 0 aliphatic carbocycles. The summed E-state index contributed by atoms with van der Waals surface area (Å²) >= 11 is 0. The van der Waals surface area contributed by atoms with E-state index in [1.807, 2.05) is 13.0 Å². The molecule has 1 aromatic heterocycles. The van der Waals surface area contributed by atoms with Crippen molar-refractivity contribution >= 4 is 22.9 Å². The first-order valence-electron chi connectivity index (χ1n) is 6.84. The quantitative estimate of drug-likeness (QED) is 0.734. The fourth-order valence-electron chi connectivity index (χ4n) is 2.29. The predicted octanol–water partition coefficient (Wildman–Crippen LogP) is 2.40. The Morgan fingerprint density at radius 1 is 1.14 bits per heavy atom. The highest BCUT2D eigenvalue weighted by molar-refractivity contribution is 6.27. The van der Waals surface area contributed by atoms with Crippen LogP contribution in [0.15, 0.2) is 16.7 Å². The largest absolute Gasteiger partial charge is 0.473 e. The molecule has 1 atom stereocenters. The van der Waals surface area contributed by atoms with Crippen LogP contribution in [0.4, 0.5) is 0 Å². The maximum atomic E-state index is 9.10. The van der Waals surface area contributed by atoms with Gasteiger partial charge < -0.3 is 20.4 Å². The number of rotatable bonds is 2. The van der Waals surface area contributed by atoms with Crippen molar-refractivity contribution in [3.05, 3.63) is 34.6 Å². The molecule has 120 valence electrons. The molecule has 1 aromatic carbocycles. The van der Waals surface area contributed by atoms with E-state index in [4.69, 9.17) is 30.0 Å². The summed E-state index contributed by atoms with van der Waals surface area (Å²) in [5.41, 5.74) is 12.2. The second-order valence-electron chi connectivity index (χ2n) is 5.31. The van der Waals surface area contributed by atoms with Gasteiger partial charge in [0.15, 0.2) is 0 Å². The van der Waals surface area contributed by atoms with Crippen molar-refractivity contribution in [1.29, 1.82) is 0 Å². The molecule has 2 rings (SSSR count). The molecule has 22 heavy (non-hydrogen) atoms. The summed E-state index contributed by atoms with van der Waals surface area (Å²) in [4.78, 5) is 18.2. The fraction of sp³-hybridized carbons (Fsp3) is 0.375. The second-order valence-corrected chi connectivity index (χ2v) is 5.31. The van der Waals surface area contributed by atoms with Crippen molar-refractivity contribution in [3.8, 4) is 0 Å². The third-order valence-corrected chi connectivity index (χ3v) is 3.63. The number of carbonyl (C=O) groups is 2. The highest BCUT2D eigenvalue weighted by Crippen LogP contribution is 2.30.